The number of hydrogen-bond acceptors (Lipinski definition) is 7. The van der Waals surface area contributed by atoms with Crippen molar-refractivity contribution in [2.24, 2.45) is 5.92 Å². The Morgan fingerprint density at radius 2 is 1.72 bits per heavy atom. The molecule has 39 heavy (non-hydrogen) atoms. The third-order valence-corrected chi connectivity index (χ3v) is 9.66. The Morgan fingerprint density at radius 3 is 2.36 bits per heavy atom. The van der Waals surface area contributed by atoms with Crippen molar-refractivity contribution in [3.63, 3.8) is 0 Å². The summed E-state index contributed by atoms with van der Waals surface area (Å²) in [4.78, 5) is 15.0. The molecule has 0 amide bonds. The molecule has 214 valence electrons. The van der Waals surface area contributed by atoms with E-state index >= 15 is 0 Å². The summed E-state index contributed by atoms with van der Waals surface area (Å²) in [6, 6.07) is 12.7. The molecule has 0 bridgehead atoms. The number of methoxy groups -OCH3 is 1. The summed E-state index contributed by atoms with van der Waals surface area (Å²) in [5.41, 5.74) is 1.73. The highest BCUT2D eigenvalue weighted by atomic mass is 32.2. The number of benzene rings is 2. The normalized spacial score (nSPS) is 21.3. The third kappa shape index (κ3) is 6.67. The van der Waals surface area contributed by atoms with Crippen LogP contribution in [0.4, 0.5) is 0 Å². The fourth-order valence-electron chi connectivity index (χ4n) is 5.64. The average molecular weight is 561 g/mol. The van der Waals surface area contributed by atoms with E-state index in [0.29, 0.717) is 63.1 Å². The van der Waals surface area contributed by atoms with Crippen LogP contribution in [0, 0.1) is 5.92 Å². The van der Waals surface area contributed by atoms with E-state index in [2.05, 4.69) is 4.90 Å². The van der Waals surface area contributed by atoms with Crippen molar-refractivity contribution >= 4 is 16.0 Å². The minimum absolute atomic E-state index is 0.107. The summed E-state index contributed by atoms with van der Waals surface area (Å²) >= 11 is 0. The monoisotopic (exact) mass is 560 g/mol. The highest BCUT2D eigenvalue weighted by Crippen LogP contribution is 2.47. The van der Waals surface area contributed by atoms with Crippen molar-refractivity contribution in [2.75, 3.05) is 52.3 Å². The van der Waals surface area contributed by atoms with Gasteiger partial charge in [-0.05, 0) is 48.2 Å². The molecule has 2 aromatic carbocycles. The summed E-state index contributed by atoms with van der Waals surface area (Å²) in [5.74, 6) is 0.134. The first kappa shape index (κ1) is 29.2. The molecule has 1 fully saturated rings. The van der Waals surface area contributed by atoms with Crippen LogP contribution in [-0.2, 0) is 14.8 Å². The molecule has 0 saturated carbocycles. The largest absolute Gasteiger partial charge is 0.497 e. The van der Waals surface area contributed by atoms with Gasteiger partial charge in [0.25, 0.3) is 0 Å². The smallest absolute Gasteiger partial charge is 0.309 e. The van der Waals surface area contributed by atoms with E-state index in [-0.39, 0.29) is 11.7 Å². The quantitative estimate of drug-likeness (QED) is 0.390. The molecule has 9 nitrogen and oxygen atoms in total. The van der Waals surface area contributed by atoms with Gasteiger partial charge in [0.2, 0.25) is 10.0 Å². The van der Waals surface area contributed by atoms with Crippen molar-refractivity contribution in [1.82, 2.24) is 9.21 Å². The molecule has 3 atom stereocenters. The molecule has 0 aromatic heterocycles. The first-order valence-electron chi connectivity index (χ1n) is 13.8. The summed E-state index contributed by atoms with van der Waals surface area (Å²) in [7, 11) is -1.80. The minimum atomic E-state index is -3.39. The molecule has 0 aliphatic carbocycles. The minimum Gasteiger partial charge on any atom is -0.497 e. The van der Waals surface area contributed by atoms with E-state index in [0.717, 1.165) is 24.0 Å². The van der Waals surface area contributed by atoms with Crippen LogP contribution in [0.3, 0.4) is 0 Å². The molecule has 2 aliphatic heterocycles. The van der Waals surface area contributed by atoms with E-state index < -0.39 is 28.0 Å². The summed E-state index contributed by atoms with van der Waals surface area (Å²) in [6.45, 7) is 6.52. The van der Waals surface area contributed by atoms with Crippen LogP contribution >= 0.6 is 0 Å². The van der Waals surface area contributed by atoms with Gasteiger partial charge in [-0.25, -0.2) is 12.7 Å². The second-order valence-electron chi connectivity index (χ2n) is 10.2. The molecule has 2 heterocycles. The molecule has 2 aliphatic rings. The molecule has 4 rings (SSSR count). The number of hydrogen-bond donors (Lipinski definition) is 1. The molecule has 0 spiro atoms. The maximum atomic E-state index is 13.0. The van der Waals surface area contributed by atoms with Gasteiger partial charge in [-0.2, -0.15) is 0 Å². The van der Waals surface area contributed by atoms with Gasteiger partial charge in [-0.3, -0.25) is 9.69 Å². The standard InChI is InChI=1S/C29H40N2O7S/c1-4-6-13-31(39(34,35)18-5-2)15-14-30-20-24(22-9-12-25-26(19-22)38-17-16-37-25)27(29(32)33)28(30)21-7-10-23(36-3)11-8-21/h7-12,19,24,27-28H,4-6,13-18,20H2,1-3H3,(H,32,33). The van der Waals surface area contributed by atoms with Crippen LogP contribution in [0.1, 0.15) is 56.2 Å². The third-order valence-electron chi connectivity index (χ3n) is 7.59. The Morgan fingerprint density at radius 1 is 1.03 bits per heavy atom. The second-order valence-corrected chi connectivity index (χ2v) is 12.2. The van der Waals surface area contributed by atoms with Gasteiger partial charge in [-0.15, -0.1) is 0 Å². The first-order valence-corrected chi connectivity index (χ1v) is 15.4. The summed E-state index contributed by atoms with van der Waals surface area (Å²) in [5, 5.41) is 10.5. The van der Waals surface area contributed by atoms with Crippen molar-refractivity contribution in [3.8, 4) is 17.2 Å². The number of nitrogens with zero attached hydrogens (tertiary/aromatic N) is 2. The van der Waals surface area contributed by atoms with Crippen molar-refractivity contribution < 1.29 is 32.5 Å². The Labute approximate surface area is 231 Å². The highest BCUT2D eigenvalue weighted by Gasteiger charge is 2.47. The average Bonchev–Trinajstić information content (AvgIpc) is 3.32. The summed E-state index contributed by atoms with van der Waals surface area (Å²) < 4.78 is 44.4. The number of ether oxygens (including phenoxy) is 3. The maximum Gasteiger partial charge on any atom is 0.309 e. The van der Waals surface area contributed by atoms with Gasteiger partial charge in [0, 0.05) is 38.1 Å². The van der Waals surface area contributed by atoms with Crippen LogP contribution in [0.15, 0.2) is 42.5 Å². The lowest BCUT2D eigenvalue weighted by Gasteiger charge is -2.30. The molecule has 1 saturated heterocycles. The zero-order valence-corrected chi connectivity index (χ0v) is 23.9. The van der Waals surface area contributed by atoms with Crippen LogP contribution in [0.25, 0.3) is 0 Å². The lowest BCUT2D eigenvalue weighted by Crippen LogP contribution is -2.40. The Kier molecular flexibility index (Phi) is 9.74. The fraction of sp³-hybridized carbons (Fsp3) is 0.552. The van der Waals surface area contributed by atoms with Gasteiger partial charge < -0.3 is 19.3 Å². The highest BCUT2D eigenvalue weighted by molar-refractivity contribution is 7.89. The van der Waals surface area contributed by atoms with Gasteiger partial charge in [0.1, 0.15) is 19.0 Å². The van der Waals surface area contributed by atoms with Crippen LogP contribution in [0.2, 0.25) is 0 Å². The molecular weight excluding hydrogens is 520 g/mol. The van der Waals surface area contributed by atoms with Gasteiger partial charge in [0.05, 0.1) is 18.8 Å². The van der Waals surface area contributed by atoms with Crippen molar-refractivity contribution in [1.29, 1.82) is 0 Å². The molecule has 3 unspecified atom stereocenters. The zero-order chi connectivity index (χ0) is 28.0. The Bertz CT molecular complexity index is 1220. The number of carbonyl (C=O) groups is 1. The number of carboxylic acid groups (broad SMARTS) is 1. The lowest BCUT2D eigenvalue weighted by molar-refractivity contribution is -0.143. The topological polar surface area (TPSA) is 106 Å². The SMILES string of the molecule is CCCCN(CCN1CC(c2ccc3c(c2)OCCO3)C(C(=O)O)C1c1ccc(OC)cc1)S(=O)(=O)CCC. The molecule has 0 radical (unpaired) electrons. The van der Waals surface area contributed by atoms with E-state index in [9.17, 15) is 18.3 Å². The Balaban J connectivity index is 1.68. The maximum absolute atomic E-state index is 13.0. The number of sulfonamides is 1. The van der Waals surface area contributed by atoms with Crippen molar-refractivity contribution in [2.45, 2.75) is 45.1 Å². The number of unbranched alkanes of at least 4 members (excludes halogenated alkanes) is 1. The number of carboxylic acids is 1. The van der Waals surface area contributed by atoms with Crippen molar-refractivity contribution in [3.05, 3.63) is 53.6 Å². The number of rotatable bonds is 13. The molecule has 1 N–H and O–H groups in total. The zero-order valence-electron chi connectivity index (χ0n) is 23.0. The molecular formula is C29H40N2O7S. The number of aliphatic carboxylic acids is 1. The van der Waals surface area contributed by atoms with E-state index in [1.165, 1.54) is 0 Å². The van der Waals surface area contributed by atoms with Crippen LogP contribution < -0.4 is 14.2 Å². The van der Waals surface area contributed by atoms with Gasteiger partial charge in [0.15, 0.2) is 11.5 Å². The van der Waals surface area contributed by atoms with E-state index in [1.807, 2.05) is 56.3 Å². The van der Waals surface area contributed by atoms with Gasteiger partial charge >= 0.3 is 5.97 Å². The lowest BCUT2D eigenvalue weighted by atomic mass is 9.82. The fourth-order valence-corrected chi connectivity index (χ4v) is 7.18. The molecule has 10 heteroatoms. The first-order chi connectivity index (χ1) is 18.8. The molecule has 2 aromatic rings. The Hall–Kier alpha value is -2.82. The van der Waals surface area contributed by atoms with Crippen LogP contribution in [0.5, 0.6) is 17.2 Å². The second kappa shape index (κ2) is 13.0. The predicted octanol–water partition coefficient (Wildman–Crippen LogP) is 4.15. The van der Waals surface area contributed by atoms with E-state index in [4.69, 9.17) is 14.2 Å². The van der Waals surface area contributed by atoms with Crippen LogP contribution in [-0.4, -0.2) is 81.0 Å². The number of fused-ring (bicyclic) bond motifs is 1. The summed E-state index contributed by atoms with van der Waals surface area (Å²) in [6.07, 6.45) is 2.22. The predicted molar refractivity (Wildman–Crippen MR) is 149 cm³/mol. The number of likely N-dealkylation sites (tertiary alicyclic amines) is 1. The van der Waals surface area contributed by atoms with E-state index in [1.54, 1.807) is 11.4 Å². The van der Waals surface area contributed by atoms with Gasteiger partial charge in [-0.1, -0.05) is 38.5 Å².